The minimum absolute atomic E-state index is 0.468. The summed E-state index contributed by atoms with van der Waals surface area (Å²) >= 11 is 18.3. The largest absolute Gasteiger partial charge is 0.363 e. The number of benzene rings is 1. The second kappa shape index (κ2) is 5.30. The van der Waals surface area contributed by atoms with Crippen molar-refractivity contribution in [3.8, 4) is 0 Å². The summed E-state index contributed by atoms with van der Waals surface area (Å²) in [6.07, 6.45) is 0. The van der Waals surface area contributed by atoms with Crippen LogP contribution in [-0.2, 0) is 11.4 Å². The average molecular weight is 307 g/mol. The fourth-order valence-electron chi connectivity index (χ4n) is 1.31. The molecule has 0 atom stereocenters. The summed E-state index contributed by atoms with van der Waals surface area (Å²) in [5.41, 5.74) is 1.89. The third-order valence-corrected chi connectivity index (χ3v) is 3.38. The van der Waals surface area contributed by atoms with Crippen LogP contribution in [0.2, 0.25) is 10.0 Å². The van der Waals surface area contributed by atoms with E-state index in [2.05, 4.69) is 19.4 Å². The highest BCUT2D eigenvalue weighted by Gasteiger charge is 2.19. The smallest absolute Gasteiger partial charge is 0.170 e. The van der Waals surface area contributed by atoms with Gasteiger partial charge in [-0.25, -0.2) is 0 Å². The number of nitrogens with zero attached hydrogens (tertiary/aromatic N) is 2. The number of rotatable bonds is 2. The monoisotopic (exact) mass is 306 g/mol. The first-order chi connectivity index (χ1) is 8.13. The Morgan fingerprint density at radius 1 is 1.35 bits per heavy atom. The van der Waals surface area contributed by atoms with Crippen LogP contribution in [0.1, 0.15) is 6.92 Å². The van der Waals surface area contributed by atoms with Gasteiger partial charge < -0.3 is 10.6 Å². The van der Waals surface area contributed by atoms with E-state index in [9.17, 15) is 0 Å². The van der Waals surface area contributed by atoms with Crippen LogP contribution in [0.25, 0.3) is 0 Å². The molecule has 0 fully saturated rings. The fourth-order valence-corrected chi connectivity index (χ4v) is 2.72. The van der Waals surface area contributed by atoms with Crippen LogP contribution in [0, 0.1) is 0 Å². The number of halogens is 2. The molecule has 1 aliphatic rings. The van der Waals surface area contributed by atoms with Crippen LogP contribution < -0.4 is 10.6 Å². The fraction of sp³-hybridized carbons (Fsp3) is 0.222. The van der Waals surface area contributed by atoms with Gasteiger partial charge in [-0.1, -0.05) is 23.2 Å². The Bertz CT molecular complexity index is 552. The van der Waals surface area contributed by atoms with Gasteiger partial charge in [-0.05, 0) is 25.2 Å². The van der Waals surface area contributed by atoms with Crippen LogP contribution in [0.3, 0.4) is 0 Å². The lowest BCUT2D eigenvalue weighted by atomic mass is 10.2. The molecule has 0 bridgehead atoms. The summed E-state index contributed by atoms with van der Waals surface area (Å²) in [5, 5.41) is 7.42. The molecule has 0 aromatic heterocycles. The Balaban J connectivity index is 2.39. The number of nitrogens with one attached hydrogen (secondary N) is 2. The van der Waals surface area contributed by atoms with Crippen molar-refractivity contribution in [2.24, 2.45) is 8.73 Å². The van der Waals surface area contributed by atoms with Crippen molar-refractivity contribution in [3.05, 3.63) is 16.1 Å². The first-order valence-electron chi connectivity index (χ1n) is 4.78. The number of anilines is 1. The molecule has 0 amide bonds. The van der Waals surface area contributed by atoms with Gasteiger partial charge in [0.05, 0.1) is 27.1 Å². The van der Waals surface area contributed by atoms with Crippen molar-refractivity contribution in [1.29, 1.82) is 0 Å². The maximum absolute atomic E-state index is 6.11. The highest BCUT2D eigenvalue weighted by atomic mass is 35.5. The minimum Gasteiger partial charge on any atom is -0.363 e. The number of fused-ring (bicyclic) bond motifs is 1. The van der Waals surface area contributed by atoms with E-state index in [1.807, 2.05) is 6.92 Å². The molecule has 1 aromatic rings. The summed E-state index contributed by atoms with van der Waals surface area (Å²) in [6.45, 7) is 2.69. The van der Waals surface area contributed by atoms with Gasteiger partial charge in [-0.15, -0.1) is 0 Å². The topological polar surface area (TPSA) is 48.8 Å². The SMILES string of the molecule is CCNC(=S)Nc1c(Cl)cc(Cl)c2c1N=S=N2. The van der Waals surface area contributed by atoms with Gasteiger partial charge in [-0.3, -0.25) is 0 Å². The summed E-state index contributed by atoms with van der Waals surface area (Å²) in [5.74, 6) is 0. The summed E-state index contributed by atoms with van der Waals surface area (Å²) in [4.78, 5) is 0. The quantitative estimate of drug-likeness (QED) is 0.824. The van der Waals surface area contributed by atoms with E-state index < -0.39 is 0 Å². The Labute approximate surface area is 118 Å². The zero-order chi connectivity index (χ0) is 12.4. The Kier molecular flexibility index (Phi) is 3.98. The highest BCUT2D eigenvalue weighted by Crippen LogP contribution is 2.47. The number of thiocarbonyl (C=S) groups is 1. The molecule has 2 rings (SSSR count). The van der Waals surface area contributed by atoms with Gasteiger partial charge in [0.1, 0.15) is 11.4 Å². The maximum Gasteiger partial charge on any atom is 0.170 e. The Hall–Kier alpha value is -0.690. The lowest BCUT2D eigenvalue weighted by Crippen LogP contribution is -2.28. The van der Waals surface area contributed by atoms with Crippen molar-refractivity contribution < 1.29 is 0 Å². The molecular formula is C9H8Cl2N4S2. The first-order valence-corrected chi connectivity index (χ1v) is 6.68. The van der Waals surface area contributed by atoms with E-state index in [0.29, 0.717) is 32.2 Å². The Morgan fingerprint density at radius 2 is 2.06 bits per heavy atom. The second-order valence-electron chi connectivity index (χ2n) is 3.16. The van der Waals surface area contributed by atoms with Crippen LogP contribution in [0.4, 0.5) is 17.1 Å². The van der Waals surface area contributed by atoms with E-state index in [4.69, 9.17) is 35.4 Å². The molecule has 0 radical (unpaired) electrons. The maximum atomic E-state index is 6.11. The molecule has 0 aliphatic carbocycles. The average Bonchev–Trinajstić information content (AvgIpc) is 2.73. The van der Waals surface area contributed by atoms with Crippen molar-refractivity contribution in [3.63, 3.8) is 0 Å². The summed E-state index contributed by atoms with van der Waals surface area (Å²) < 4.78 is 8.27. The molecule has 1 aromatic carbocycles. The van der Waals surface area contributed by atoms with Gasteiger partial charge in [0.25, 0.3) is 0 Å². The number of hydrogen-bond acceptors (Lipinski definition) is 3. The molecule has 4 nitrogen and oxygen atoms in total. The molecule has 0 spiro atoms. The van der Waals surface area contributed by atoms with Gasteiger partial charge in [0.2, 0.25) is 0 Å². The van der Waals surface area contributed by atoms with E-state index in [1.54, 1.807) is 6.07 Å². The Morgan fingerprint density at radius 3 is 2.76 bits per heavy atom. The standard InChI is InChI=1S/C9H8Cl2N4S2/c1-2-12-9(16)13-6-4(10)3-5(11)7-8(6)15-17-14-7/h3H,2H2,1H3,(H2,12,13,16). The second-order valence-corrected chi connectivity index (χ2v) is 4.91. The van der Waals surface area contributed by atoms with Crippen molar-refractivity contribution in [2.75, 3.05) is 11.9 Å². The zero-order valence-corrected chi connectivity index (χ0v) is 11.9. The van der Waals surface area contributed by atoms with E-state index in [1.165, 1.54) is 0 Å². The van der Waals surface area contributed by atoms with Crippen molar-refractivity contribution in [1.82, 2.24) is 5.32 Å². The van der Waals surface area contributed by atoms with Crippen LogP contribution in [-0.4, -0.2) is 11.7 Å². The molecule has 17 heavy (non-hydrogen) atoms. The first kappa shape index (κ1) is 12.8. The summed E-state index contributed by atoms with van der Waals surface area (Å²) in [6, 6.07) is 1.63. The van der Waals surface area contributed by atoms with E-state index >= 15 is 0 Å². The molecule has 90 valence electrons. The van der Waals surface area contributed by atoms with Crippen molar-refractivity contribution >= 4 is 68.9 Å². The molecule has 8 heteroatoms. The third-order valence-electron chi connectivity index (χ3n) is 2.02. The molecule has 0 unspecified atom stereocenters. The van der Waals surface area contributed by atoms with Gasteiger partial charge in [0, 0.05) is 6.54 Å². The van der Waals surface area contributed by atoms with Gasteiger partial charge in [-0.2, -0.15) is 8.73 Å². The molecule has 0 saturated carbocycles. The van der Waals surface area contributed by atoms with Crippen molar-refractivity contribution in [2.45, 2.75) is 6.92 Å². The molecular weight excluding hydrogens is 299 g/mol. The lowest BCUT2D eigenvalue weighted by Gasteiger charge is -2.13. The third kappa shape index (κ3) is 2.60. The van der Waals surface area contributed by atoms with Crippen LogP contribution in [0.5, 0.6) is 0 Å². The molecule has 1 heterocycles. The molecule has 2 N–H and O–H groups in total. The van der Waals surface area contributed by atoms with Gasteiger partial charge in [0.15, 0.2) is 5.11 Å². The van der Waals surface area contributed by atoms with E-state index in [-0.39, 0.29) is 0 Å². The van der Waals surface area contributed by atoms with E-state index in [0.717, 1.165) is 17.9 Å². The number of hydrogen-bond donors (Lipinski definition) is 2. The summed E-state index contributed by atoms with van der Waals surface area (Å²) in [7, 11) is 0. The predicted octanol–water partition coefficient (Wildman–Crippen LogP) is 4.03. The van der Waals surface area contributed by atoms with Gasteiger partial charge >= 0.3 is 0 Å². The predicted molar refractivity (Wildman–Crippen MR) is 77.9 cm³/mol. The van der Waals surface area contributed by atoms with Crippen LogP contribution >= 0.6 is 35.4 Å². The lowest BCUT2D eigenvalue weighted by molar-refractivity contribution is 0.979. The minimum atomic E-state index is 0.468. The molecule has 0 saturated heterocycles. The highest BCUT2D eigenvalue weighted by molar-refractivity contribution is 7.80. The van der Waals surface area contributed by atoms with Crippen LogP contribution in [0.15, 0.2) is 14.8 Å². The molecule has 1 aliphatic heterocycles. The normalized spacial score (nSPS) is 11.9. The zero-order valence-electron chi connectivity index (χ0n) is 8.75.